The SMILES string of the molecule is c1ccc2c(c1)CCc1ccc(C3CC3)cc1N2. The number of aryl methyl sites for hydroxylation is 2. The van der Waals surface area contributed by atoms with Crippen LogP contribution in [-0.2, 0) is 12.8 Å². The quantitative estimate of drug-likeness (QED) is 0.772. The zero-order valence-electron chi connectivity index (χ0n) is 10.4. The minimum atomic E-state index is 0.829. The number of rotatable bonds is 1. The van der Waals surface area contributed by atoms with Crippen LogP contribution in [-0.4, -0.2) is 0 Å². The van der Waals surface area contributed by atoms with Gasteiger partial charge in [0.05, 0.1) is 0 Å². The molecule has 2 aromatic rings. The van der Waals surface area contributed by atoms with Crippen molar-refractivity contribution in [2.24, 2.45) is 0 Å². The lowest BCUT2D eigenvalue weighted by molar-refractivity contribution is 0.974. The van der Waals surface area contributed by atoms with Crippen molar-refractivity contribution in [1.29, 1.82) is 0 Å². The minimum Gasteiger partial charge on any atom is -0.355 e. The number of anilines is 2. The smallest absolute Gasteiger partial charge is 0.0419 e. The highest BCUT2D eigenvalue weighted by molar-refractivity contribution is 5.69. The van der Waals surface area contributed by atoms with Crippen molar-refractivity contribution in [2.75, 3.05) is 5.32 Å². The van der Waals surface area contributed by atoms with E-state index in [1.54, 1.807) is 0 Å². The Bertz CT molecular complexity index is 596. The number of fused-ring (bicyclic) bond motifs is 2. The molecule has 1 nitrogen and oxygen atoms in total. The first-order valence-electron chi connectivity index (χ1n) is 6.88. The predicted octanol–water partition coefficient (Wildman–Crippen LogP) is 4.41. The molecule has 0 bridgehead atoms. The van der Waals surface area contributed by atoms with Gasteiger partial charge in [-0.05, 0) is 60.4 Å². The lowest BCUT2D eigenvalue weighted by Gasteiger charge is -2.11. The van der Waals surface area contributed by atoms with Gasteiger partial charge in [0.15, 0.2) is 0 Å². The standard InChI is InChI=1S/C17H17N/c1-2-4-16-13(3-1)7-8-14-9-10-15(12-5-6-12)11-17(14)18-16/h1-4,9-12,18H,5-8H2. The lowest BCUT2D eigenvalue weighted by Crippen LogP contribution is -1.94. The molecule has 1 aliphatic heterocycles. The Labute approximate surface area is 108 Å². The van der Waals surface area contributed by atoms with E-state index in [1.807, 2.05) is 0 Å². The second kappa shape index (κ2) is 3.88. The van der Waals surface area contributed by atoms with Crippen LogP contribution < -0.4 is 5.32 Å². The highest BCUT2D eigenvalue weighted by Gasteiger charge is 2.24. The van der Waals surface area contributed by atoms with E-state index in [2.05, 4.69) is 47.8 Å². The molecule has 0 unspecified atom stereocenters. The summed E-state index contributed by atoms with van der Waals surface area (Å²) in [6, 6.07) is 15.7. The molecule has 0 radical (unpaired) electrons. The van der Waals surface area contributed by atoms with Gasteiger partial charge in [0, 0.05) is 11.4 Å². The Morgan fingerprint density at radius 2 is 1.61 bits per heavy atom. The molecule has 18 heavy (non-hydrogen) atoms. The molecule has 0 amide bonds. The predicted molar refractivity (Wildman–Crippen MR) is 75.5 cm³/mol. The molecule has 1 aliphatic carbocycles. The number of benzene rings is 2. The third-order valence-electron chi connectivity index (χ3n) is 4.13. The molecular weight excluding hydrogens is 218 g/mol. The molecule has 2 aliphatic rings. The fraction of sp³-hybridized carbons (Fsp3) is 0.294. The molecule has 1 N–H and O–H groups in total. The van der Waals surface area contributed by atoms with Crippen LogP contribution in [0, 0.1) is 0 Å². The fourth-order valence-electron chi connectivity index (χ4n) is 2.87. The van der Waals surface area contributed by atoms with E-state index in [1.165, 1.54) is 40.9 Å². The maximum atomic E-state index is 3.63. The molecule has 0 atom stereocenters. The summed E-state index contributed by atoms with van der Waals surface area (Å²) < 4.78 is 0. The van der Waals surface area contributed by atoms with Gasteiger partial charge in [-0.1, -0.05) is 30.3 Å². The van der Waals surface area contributed by atoms with Crippen LogP contribution in [0.2, 0.25) is 0 Å². The fourth-order valence-corrected chi connectivity index (χ4v) is 2.87. The van der Waals surface area contributed by atoms with Gasteiger partial charge in [-0.15, -0.1) is 0 Å². The molecule has 1 heterocycles. The monoisotopic (exact) mass is 235 g/mol. The first kappa shape index (κ1) is 10.2. The van der Waals surface area contributed by atoms with Crippen molar-refractivity contribution in [1.82, 2.24) is 0 Å². The van der Waals surface area contributed by atoms with E-state index in [0.29, 0.717) is 0 Å². The zero-order chi connectivity index (χ0) is 11.9. The van der Waals surface area contributed by atoms with Crippen molar-refractivity contribution in [3.63, 3.8) is 0 Å². The van der Waals surface area contributed by atoms with Crippen molar-refractivity contribution < 1.29 is 0 Å². The summed E-state index contributed by atoms with van der Waals surface area (Å²) in [5.41, 5.74) is 7.01. The van der Waals surface area contributed by atoms with Gasteiger partial charge in [0.25, 0.3) is 0 Å². The second-order valence-electron chi connectivity index (χ2n) is 5.47. The summed E-state index contributed by atoms with van der Waals surface area (Å²) in [6.07, 6.45) is 5.02. The summed E-state index contributed by atoms with van der Waals surface area (Å²) in [6.45, 7) is 0. The average Bonchev–Trinajstić information content (AvgIpc) is 3.24. The maximum Gasteiger partial charge on any atom is 0.0419 e. The van der Waals surface area contributed by atoms with Crippen LogP contribution in [0.5, 0.6) is 0 Å². The summed E-state index contributed by atoms with van der Waals surface area (Å²) in [7, 11) is 0. The van der Waals surface area contributed by atoms with E-state index in [-0.39, 0.29) is 0 Å². The van der Waals surface area contributed by atoms with E-state index < -0.39 is 0 Å². The number of para-hydroxylation sites is 1. The molecule has 2 aromatic carbocycles. The topological polar surface area (TPSA) is 12.0 Å². The Balaban J connectivity index is 1.77. The first-order valence-corrected chi connectivity index (χ1v) is 6.88. The van der Waals surface area contributed by atoms with Crippen LogP contribution >= 0.6 is 0 Å². The van der Waals surface area contributed by atoms with Crippen LogP contribution in [0.15, 0.2) is 42.5 Å². The molecule has 1 saturated carbocycles. The van der Waals surface area contributed by atoms with Crippen molar-refractivity contribution in [3.8, 4) is 0 Å². The molecule has 1 fully saturated rings. The van der Waals surface area contributed by atoms with E-state index >= 15 is 0 Å². The Kier molecular flexibility index (Phi) is 2.19. The van der Waals surface area contributed by atoms with Gasteiger partial charge >= 0.3 is 0 Å². The summed E-state index contributed by atoms with van der Waals surface area (Å²) >= 11 is 0. The molecule has 0 spiro atoms. The van der Waals surface area contributed by atoms with Crippen molar-refractivity contribution in [3.05, 3.63) is 59.2 Å². The van der Waals surface area contributed by atoms with Gasteiger partial charge < -0.3 is 5.32 Å². The third-order valence-corrected chi connectivity index (χ3v) is 4.13. The summed E-state index contributed by atoms with van der Waals surface area (Å²) in [4.78, 5) is 0. The maximum absolute atomic E-state index is 3.63. The Hall–Kier alpha value is -1.76. The molecule has 0 aromatic heterocycles. The van der Waals surface area contributed by atoms with Gasteiger partial charge in [-0.3, -0.25) is 0 Å². The zero-order valence-corrected chi connectivity index (χ0v) is 10.4. The largest absolute Gasteiger partial charge is 0.355 e. The molecule has 4 rings (SSSR count). The van der Waals surface area contributed by atoms with Crippen LogP contribution in [0.3, 0.4) is 0 Å². The minimum absolute atomic E-state index is 0.829. The summed E-state index contributed by atoms with van der Waals surface area (Å²) in [5, 5.41) is 3.63. The van der Waals surface area contributed by atoms with E-state index in [0.717, 1.165) is 18.8 Å². The van der Waals surface area contributed by atoms with Crippen LogP contribution in [0.25, 0.3) is 0 Å². The highest BCUT2D eigenvalue weighted by Crippen LogP contribution is 2.42. The van der Waals surface area contributed by atoms with Gasteiger partial charge in [-0.25, -0.2) is 0 Å². The Morgan fingerprint density at radius 3 is 2.44 bits per heavy atom. The summed E-state index contributed by atoms with van der Waals surface area (Å²) in [5.74, 6) is 0.829. The van der Waals surface area contributed by atoms with Gasteiger partial charge in [-0.2, -0.15) is 0 Å². The number of hydrogen-bond acceptors (Lipinski definition) is 1. The van der Waals surface area contributed by atoms with E-state index in [4.69, 9.17) is 0 Å². The molecule has 90 valence electrons. The number of nitrogens with one attached hydrogen (secondary N) is 1. The van der Waals surface area contributed by atoms with Crippen molar-refractivity contribution in [2.45, 2.75) is 31.6 Å². The van der Waals surface area contributed by atoms with Crippen molar-refractivity contribution >= 4 is 11.4 Å². The molecular formula is C17H17N. The van der Waals surface area contributed by atoms with Gasteiger partial charge in [0.2, 0.25) is 0 Å². The van der Waals surface area contributed by atoms with Crippen LogP contribution in [0.1, 0.15) is 35.4 Å². The number of hydrogen-bond donors (Lipinski definition) is 1. The average molecular weight is 235 g/mol. The lowest BCUT2D eigenvalue weighted by atomic mass is 10.0. The second-order valence-corrected chi connectivity index (χ2v) is 5.47. The van der Waals surface area contributed by atoms with Gasteiger partial charge in [0.1, 0.15) is 0 Å². The Morgan fingerprint density at radius 1 is 0.833 bits per heavy atom. The van der Waals surface area contributed by atoms with Crippen LogP contribution in [0.4, 0.5) is 11.4 Å². The third kappa shape index (κ3) is 1.71. The first-order chi connectivity index (χ1) is 8.90. The normalized spacial score (nSPS) is 17.3. The molecule has 1 heteroatoms. The molecule has 0 saturated heterocycles. The highest BCUT2D eigenvalue weighted by atomic mass is 14.9. The van der Waals surface area contributed by atoms with E-state index in [9.17, 15) is 0 Å².